The number of allylic oxidation sites excluding steroid dienone is 8. The number of carbonyl (C=O) groups is 4. The van der Waals surface area contributed by atoms with Crippen LogP contribution < -0.4 is 0 Å². The molecular weight excluding hydrogens is 586 g/mol. The van der Waals surface area contributed by atoms with E-state index in [2.05, 4.69) is 45.7 Å². The molecule has 0 radical (unpaired) electrons. The van der Waals surface area contributed by atoms with Gasteiger partial charge in [0.1, 0.15) is 18.1 Å². The van der Waals surface area contributed by atoms with Gasteiger partial charge in [-0.1, -0.05) is 78.3 Å². The lowest BCUT2D eigenvalue weighted by atomic mass is 9.34. The van der Waals surface area contributed by atoms with Crippen molar-refractivity contribution in [2.24, 2.45) is 50.2 Å². The summed E-state index contributed by atoms with van der Waals surface area (Å²) in [5.41, 5.74) is -0.858. The molecule has 3 saturated carbocycles. The Balaban J connectivity index is 1.35. The van der Waals surface area contributed by atoms with E-state index in [0.717, 1.165) is 31.3 Å². The van der Waals surface area contributed by atoms with Gasteiger partial charge in [-0.05, 0) is 85.5 Å². The number of Topliss-reactive ketones (excluding diaryl/α,β-unsaturated/α-hetero) is 2. The zero-order valence-corrected chi connectivity index (χ0v) is 28.9. The predicted molar refractivity (Wildman–Crippen MR) is 178 cm³/mol. The molecule has 7 atom stereocenters. The van der Waals surface area contributed by atoms with Gasteiger partial charge in [0.25, 0.3) is 0 Å². The van der Waals surface area contributed by atoms with Gasteiger partial charge in [0.05, 0.1) is 17.2 Å². The summed E-state index contributed by atoms with van der Waals surface area (Å²) in [6.07, 6.45) is 18.3. The van der Waals surface area contributed by atoms with E-state index in [1.807, 2.05) is 38.2 Å². The van der Waals surface area contributed by atoms with Crippen LogP contribution in [0, 0.1) is 61.6 Å². The summed E-state index contributed by atoms with van der Waals surface area (Å²) in [6, 6.07) is 2.18. The van der Waals surface area contributed by atoms with Crippen LogP contribution in [0.25, 0.3) is 0 Å². The second-order valence-electron chi connectivity index (χ2n) is 17.5. The van der Waals surface area contributed by atoms with Crippen LogP contribution in [0.5, 0.6) is 0 Å². The van der Waals surface area contributed by atoms with Crippen LogP contribution in [0.1, 0.15) is 115 Å². The SMILES string of the molecule is CC1(C)CCC2(C(=O)n3cncc3C(=O)C3=CCC=C3)CCC3(C)C(C(=O)C=C4C5(C)C=C(C#N)C(=O)C(C)(C)C5CCC43C)C2C1. The Morgan fingerprint density at radius 1 is 1.00 bits per heavy atom. The second-order valence-corrected chi connectivity index (χ2v) is 17.5. The minimum absolute atomic E-state index is 0.0215. The molecule has 6 aliphatic rings. The molecule has 0 aromatic carbocycles. The van der Waals surface area contributed by atoms with Crippen molar-refractivity contribution in [2.45, 2.75) is 99.8 Å². The number of hydrogen-bond acceptors (Lipinski definition) is 6. The van der Waals surface area contributed by atoms with Gasteiger partial charge >= 0.3 is 0 Å². The van der Waals surface area contributed by atoms with Crippen LogP contribution in [0.2, 0.25) is 0 Å². The molecule has 1 aromatic heterocycles. The van der Waals surface area contributed by atoms with E-state index in [1.54, 1.807) is 6.08 Å². The van der Waals surface area contributed by atoms with Crippen molar-refractivity contribution in [1.82, 2.24) is 9.55 Å². The first-order valence-electron chi connectivity index (χ1n) is 17.4. The third-order valence-electron chi connectivity index (χ3n) is 14.4. The van der Waals surface area contributed by atoms with E-state index in [0.29, 0.717) is 31.3 Å². The lowest BCUT2D eigenvalue weighted by Crippen LogP contribution is -2.66. The number of hydrogen-bond donors (Lipinski definition) is 0. The highest BCUT2D eigenvalue weighted by Gasteiger charge is 2.71. The highest BCUT2D eigenvalue weighted by atomic mass is 16.2. The van der Waals surface area contributed by atoms with Crippen molar-refractivity contribution >= 4 is 23.3 Å². The monoisotopic (exact) mass is 633 g/mol. The number of ketones is 3. The standard InChI is InChI=1S/C40H47N3O4/c1-35(2)14-16-40(34(47)43-23-42-22-27(43)32(45)24-10-8-9-11-24)17-15-39(7)31(26(40)20-35)28(44)18-30-37(5)19-25(21-41)33(46)36(3,4)29(37)12-13-38(30,39)6/h8,10-11,18-19,22-23,26,29,31H,9,12-17,20H2,1-7H3. The van der Waals surface area contributed by atoms with Gasteiger partial charge in [0.15, 0.2) is 11.6 Å². The van der Waals surface area contributed by atoms with Crippen LogP contribution in [-0.2, 0) is 9.59 Å². The van der Waals surface area contributed by atoms with Crippen LogP contribution in [0.4, 0.5) is 0 Å². The Morgan fingerprint density at radius 3 is 2.40 bits per heavy atom. The second kappa shape index (κ2) is 9.94. The summed E-state index contributed by atoms with van der Waals surface area (Å²) in [5, 5.41) is 10.0. The van der Waals surface area contributed by atoms with Gasteiger partial charge in [-0.15, -0.1) is 0 Å². The van der Waals surface area contributed by atoms with Gasteiger partial charge in [-0.25, -0.2) is 4.98 Å². The molecule has 3 fully saturated rings. The van der Waals surface area contributed by atoms with Gasteiger partial charge in [0.2, 0.25) is 11.7 Å². The predicted octanol–water partition coefficient (Wildman–Crippen LogP) is 7.81. The van der Waals surface area contributed by atoms with Crippen molar-refractivity contribution in [3.8, 4) is 6.07 Å². The molecule has 0 bridgehead atoms. The zero-order chi connectivity index (χ0) is 33.9. The smallest absolute Gasteiger partial charge is 0.238 e. The normalized spacial score (nSPS) is 39.7. The van der Waals surface area contributed by atoms with E-state index >= 15 is 0 Å². The van der Waals surface area contributed by atoms with Gasteiger partial charge in [-0.3, -0.25) is 23.7 Å². The summed E-state index contributed by atoms with van der Waals surface area (Å²) < 4.78 is 1.49. The fourth-order valence-corrected chi connectivity index (χ4v) is 11.6. The minimum Gasteiger partial charge on any atom is -0.295 e. The van der Waals surface area contributed by atoms with E-state index in [4.69, 9.17) is 0 Å². The summed E-state index contributed by atoms with van der Waals surface area (Å²) in [7, 11) is 0. The van der Waals surface area contributed by atoms with Crippen LogP contribution in [0.15, 0.2) is 59.6 Å². The first-order valence-corrected chi connectivity index (χ1v) is 17.4. The zero-order valence-electron chi connectivity index (χ0n) is 28.9. The molecule has 0 spiro atoms. The van der Waals surface area contributed by atoms with Gasteiger partial charge in [-0.2, -0.15) is 5.26 Å². The van der Waals surface area contributed by atoms with Crippen molar-refractivity contribution in [3.63, 3.8) is 0 Å². The molecule has 0 saturated heterocycles. The number of nitriles is 1. The van der Waals surface area contributed by atoms with E-state index in [1.165, 1.54) is 17.1 Å². The van der Waals surface area contributed by atoms with Crippen molar-refractivity contribution in [1.29, 1.82) is 5.26 Å². The maximum atomic E-state index is 15.0. The number of imidazole rings is 1. The molecule has 7 unspecified atom stereocenters. The van der Waals surface area contributed by atoms with Crippen molar-refractivity contribution in [3.05, 3.63) is 65.3 Å². The van der Waals surface area contributed by atoms with Gasteiger partial charge in [0, 0.05) is 22.3 Å². The maximum absolute atomic E-state index is 15.0. The topological polar surface area (TPSA) is 110 Å². The average Bonchev–Trinajstić information content (AvgIpc) is 3.73. The van der Waals surface area contributed by atoms with Gasteiger partial charge < -0.3 is 0 Å². The molecule has 6 aliphatic carbocycles. The van der Waals surface area contributed by atoms with E-state index in [-0.39, 0.29) is 63.1 Å². The Kier molecular flexibility index (Phi) is 6.75. The Morgan fingerprint density at radius 2 is 1.72 bits per heavy atom. The molecule has 1 heterocycles. The highest BCUT2D eigenvalue weighted by molar-refractivity contribution is 6.12. The lowest BCUT2D eigenvalue weighted by molar-refractivity contribution is -0.164. The summed E-state index contributed by atoms with van der Waals surface area (Å²) in [6.45, 7) is 15.1. The lowest BCUT2D eigenvalue weighted by Gasteiger charge is -2.69. The van der Waals surface area contributed by atoms with E-state index < -0.39 is 21.7 Å². The van der Waals surface area contributed by atoms with Crippen molar-refractivity contribution < 1.29 is 19.2 Å². The third-order valence-corrected chi connectivity index (χ3v) is 14.4. The number of nitrogens with zero attached hydrogens (tertiary/aromatic N) is 3. The first kappa shape index (κ1) is 31.9. The fourth-order valence-electron chi connectivity index (χ4n) is 11.6. The van der Waals surface area contributed by atoms with E-state index in [9.17, 15) is 24.4 Å². The molecule has 7 nitrogen and oxygen atoms in total. The fraction of sp³-hybridized carbons (Fsp3) is 0.600. The van der Waals surface area contributed by atoms with Crippen LogP contribution >= 0.6 is 0 Å². The number of rotatable bonds is 3. The highest BCUT2D eigenvalue weighted by Crippen LogP contribution is 2.74. The summed E-state index contributed by atoms with van der Waals surface area (Å²) in [4.78, 5) is 61.0. The Labute approximate surface area is 278 Å². The number of aromatic nitrogens is 2. The molecule has 0 amide bonds. The first-order chi connectivity index (χ1) is 22.0. The molecule has 246 valence electrons. The minimum atomic E-state index is -0.791. The molecular formula is C40H47N3O4. The Bertz CT molecular complexity index is 1810. The average molecular weight is 634 g/mol. The molecule has 0 N–H and O–H groups in total. The summed E-state index contributed by atoms with van der Waals surface area (Å²) in [5.74, 6) is -0.947. The molecule has 1 aromatic rings. The van der Waals surface area contributed by atoms with Crippen LogP contribution in [-0.4, -0.2) is 32.8 Å². The number of carbonyl (C=O) groups excluding carboxylic acids is 4. The third kappa shape index (κ3) is 4.06. The molecule has 0 aliphatic heterocycles. The number of fused-ring (bicyclic) bond motifs is 7. The maximum Gasteiger partial charge on any atom is 0.238 e. The quantitative estimate of drug-likeness (QED) is 0.314. The molecule has 7 rings (SSSR count). The van der Waals surface area contributed by atoms with Crippen molar-refractivity contribution in [2.75, 3.05) is 0 Å². The largest absolute Gasteiger partial charge is 0.295 e. The molecule has 7 heteroatoms. The Hall–Kier alpha value is -3.66. The summed E-state index contributed by atoms with van der Waals surface area (Å²) >= 11 is 0. The van der Waals surface area contributed by atoms with Crippen LogP contribution in [0.3, 0.4) is 0 Å². The molecule has 47 heavy (non-hydrogen) atoms.